The van der Waals surface area contributed by atoms with Gasteiger partial charge in [0.2, 0.25) is 5.95 Å². The van der Waals surface area contributed by atoms with Crippen molar-refractivity contribution in [1.82, 2.24) is 19.7 Å². The van der Waals surface area contributed by atoms with Crippen molar-refractivity contribution in [3.63, 3.8) is 0 Å². The number of nitrogens with one attached hydrogen (secondary N) is 1. The number of amidine groups is 1. The van der Waals surface area contributed by atoms with Gasteiger partial charge in [0.15, 0.2) is 5.60 Å². The number of nitrogens with zero attached hydrogens (tertiary/aromatic N) is 5. The lowest BCUT2D eigenvalue weighted by Crippen LogP contribution is -2.44. The molecule has 188 valence electrons. The number of rotatable bonds is 5. The third kappa shape index (κ3) is 4.21. The number of hydrogen-bond donors (Lipinski definition) is 2. The van der Waals surface area contributed by atoms with Crippen LogP contribution in [-0.4, -0.2) is 44.7 Å². The molecule has 0 radical (unpaired) electrons. The van der Waals surface area contributed by atoms with Gasteiger partial charge in [-0.15, -0.1) is 10.2 Å². The van der Waals surface area contributed by atoms with Gasteiger partial charge in [-0.3, -0.25) is 9.56 Å². The topological polar surface area (TPSA) is 78.6 Å². The highest BCUT2D eigenvalue weighted by Crippen LogP contribution is 2.42. The summed E-state index contributed by atoms with van der Waals surface area (Å²) in [4.78, 5) is 6.45. The first kappa shape index (κ1) is 24.5. The summed E-state index contributed by atoms with van der Waals surface area (Å²) in [5, 5.41) is 24.5. The van der Waals surface area contributed by atoms with E-state index >= 15 is 0 Å². The van der Waals surface area contributed by atoms with Crippen molar-refractivity contribution in [3.8, 4) is 0 Å². The fourth-order valence-electron chi connectivity index (χ4n) is 5.19. The Morgan fingerprint density at radius 2 is 1.81 bits per heavy atom. The van der Waals surface area contributed by atoms with E-state index in [4.69, 9.17) is 0 Å². The van der Waals surface area contributed by atoms with Gasteiger partial charge in [0.25, 0.3) is 0 Å². The monoisotopic (exact) mass is 492 g/mol. The van der Waals surface area contributed by atoms with Crippen molar-refractivity contribution in [2.45, 2.75) is 32.4 Å². The van der Waals surface area contributed by atoms with Crippen LogP contribution in [0.4, 0.5) is 11.6 Å². The van der Waals surface area contributed by atoms with E-state index in [0.29, 0.717) is 11.8 Å². The first-order chi connectivity index (χ1) is 17.9. The van der Waals surface area contributed by atoms with Crippen molar-refractivity contribution in [2.75, 3.05) is 19.4 Å². The number of aliphatic hydroxyl groups is 1. The number of likely N-dealkylation sites (N-methyl/N-ethyl adjacent to an activating group) is 1. The second-order valence-electron chi connectivity index (χ2n) is 9.52. The lowest BCUT2D eigenvalue weighted by atomic mass is 9.81. The molecule has 0 spiro atoms. The Morgan fingerprint density at radius 1 is 1.05 bits per heavy atom. The Morgan fingerprint density at radius 3 is 2.51 bits per heavy atom. The van der Waals surface area contributed by atoms with Gasteiger partial charge in [0.05, 0.1) is 6.04 Å². The third-order valence-electron chi connectivity index (χ3n) is 6.93. The number of fused-ring (bicyclic) bond motifs is 2. The van der Waals surface area contributed by atoms with E-state index in [0.717, 1.165) is 33.5 Å². The molecule has 0 saturated heterocycles. The molecule has 2 heterocycles. The molecule has 0 amide bonds. The van der Waals surface area contributed by atoms with Crippen LogP contribution in [0, 0.1) is 13.8 Å². The van der Waals surface area contributed by atoms with Gasteiger partial charge >= 0.3 is 0 Å². The van der Waals surface area contributed by atoms with Crippen molar-refractivity contribution >= 4 is 17.5 Å². The second-order valence-corrected chi connectivity index (χ2v) is 9.52. The van der Waals surface area contributed by atoms with Gasteiger partial charge in [-0.1, -0.05) is 71.8 Å². The molecule has 37 heavy (non-hydrogen) atoms. The highest BCUT2D eigenvalue weighted by Gasteiger charge is 2.40. The molecular formula is C30H32N6O. The van der Waals surface area contributed by atoms with E-state index in [-0.39, 0.29) is 6.04 Å². The van der Waals surface area contributed by atoms with Crippen LogP contribution in [0.3, 0.4) is 0 Å². The number of aryl methyl sites for hydroxylation is 2. The Kier molecular flexibility index (Phi) is 6.39. The molecule has 1 aliphatic heterocycles. The predicted octanol–water partition coefficient (Wildman–Crippen LogP) is 5.32. The summed E-state index contributed by atoms with van der Waals surface area (Å²) in [5.74, 6) is 1.21. The number of hydrogen-bond acceptors (Lipinski definition) is 5. The molecule has 2 atom stereocenters. The van der Waals surface area contributed by atoms with Gasteiger partial charge in [-0.25, -0.2) is 0 Å². The first-order valence-electron chi connectivity index (χ1n) is 12.4. The lowest BCUT2D eigenvalue weighted by molar-refractivity contribution is 0.144. The van der Waals surface area contributed by atoms with Crippen LogP contribution >= 0.6 is 0 Å². The molecule has 0 saturated carbocycles. The third-order valence-corrected chi connectivity index (χ3v) is 6.93. The number of aromatic nitrogens is 3. The molecule has 3 aromatic carbocycles. The average molecular weight is 493 g/mol. The SMILES string of the molecule is C/C=C\N(C)C(=NC)C(O)(c1ccc(C)cc1)c1ccc2c(c1)C(c1cccc(C)c1)n1cnnc1N2. The predicted molar refractivity (Wildman–Crippen MR) is 148 cm³/mol. The average Bonchev–Trinajstić information content (AvgIpc) is 3.35. The Balaban J connectivity index is 1.74. The Hall–Kier alpha value is -4.23. The molecule has 7 nitrogen and oxygen atoms in total. The van der Waals surface area contributed by atoms with E-state index in [2.05, 4.69) is 57.8 Å². The highest BCUT2D eigenvalue weighted by atomic mass is 16.3. The molecule has 2 N–H and O–H groups in total. The van der Waals surface area contributed by atoms with Gasteiger partial charge in [0.1, 0.15) is 12.2 Å². The molecule has 5 rings (SSSR count). The van der Waals surface area contributed by atoms with Crippen LogP contribution < -0.4 is 5.32 Å². The first-order valence-corrected chi connectivity index (χ1v) is 12.4. The largest absolute Gasteiger partial charge is 0.373 e. The van der Waals surface area contributed by atoms with Crippen molar-refractivity contribution in [3.05, 3.63) is 119 Å². The summed E-state index contributed by atoms with van der Waals surface area (Å²) in [6.45, 7) is 6.08. The summed E-state index contributed by atoms with van der Waals surface area (Å²) in [5.41, 5.74) is 5.35. The molecule has 0 aliphatic carbocycles. The minimum absolute atomic E-state index is 0.154. The van der Waals surface area contributed by atoms with Crippen molar-refractivity contribution in [1.29, 1.82) is 0 Å². The fourth-order valence-corrected chi connectivity index (χ4v) is 5.19. The highest BCUT2D eigenvalue weighted by molar-refractivity contribution is 5.95. The van der Waals surface area contributed by atoms with Crippen LogP contribution in [0.2, 0.25) is 0 Å². The zero-order valence-electron chi connectivity index (χ0n) is 21.8. The smallest absolute Gasteiger partial charge is 0.229 e. The lowest BCUT2D eigenvalue weighted by Gasteiger charge is -2.36. The van der Waals surface area contributed by atoms with E-state index in [1.807, 2.05) is 79.0 Å². The zero-order valence-corrected chi connectivity index (χ0v) is 21.8. The van der Waals surface area contributed by atoms with Crippen LogP contribution in [-0.2, 0) is 5.60 Å². The van der Waals surface area contributed by atoms with Crippen molar-refractivity contribution < 1.29 is 5.11 Å². The van der Waals surface area contributed by atoms with Gasteiger partial charge in [-0.2, -0.15) is 0 Å². The molecule has 0 bridgehead atoms. The summed E-state index contributed by atoms with van der Waals surface area (Å²) in [6.07, 6.45) is 5.58. The molecule has 7 heteroatoms. The minimum atomic E-state index is -1.49. The molecule has 2 unspecified atom stereocenters. The van der Waals surface area contributed by atoms with Crippen LogP contribution in [0.25, 0.3) is 0 Å². The maximum atomic E-state index is 12.6. The van der Waals surface area contributed by atoms with E-state index in [9.17, 15) is 5.11 Å². The van der Waals surface area contributed by atoms with Gasteiger partial charge in [-0.05, 0) is 49.6 Å². The summed E-state index contributed by atoms with van der Waals surface area (Å²) in [7, 11) is 3.62. The standard InChI is InChI=1S/C30H32N6O/c1-6-16-35(5)28(31-4)30(37,23-12-10-20(2)11-13-23)24-14-15-26-25(18-24)27(22-9-7-8-21(3)17-22)36-19-32-34-29(36)33-26/h6-19,27,37H,1-5H3,(H,33,34)/b16-6-,31-28?. The van der Waals surface area contributed by atoms with Gasteiger partial charge < -0.3 is 15.3 Å². The molecule has 1 aromatic heterocycles. The molecule has 4 aromatic rings. The van der Waals surface area contributed by atoms with Crippen molar-refractivity contribution in [2.24, 2.45) is 4.99 Å². The fraction of sp³-hybridized carbons (Fsp3) is 0.233. The summed E-state index contributed by atoms with van der Waals surface area (Å²) < 4.78 is 2.03. The maximum Gasteiger partial charge on any atom is 0.229 e. The molecular weight excluding hydrogens is 460 g/mol. The van der Waals surface area contributed by atoms with E-state index in [1.54, 1.807) is 13.4 Å². The Bertz CT molecular complexity index is 1490. The number of aliphatic imine (C=N–C) groups is 1. The molecule has 1 aliphatic rings. The molecule has 0 fully saturated rings. The van der Waals surface area contributed by atoms with Crippen LogP contribution in [0.15, 0.2) is 90.3 Å². The quantitative estimate of drug-likeness (QED) is 0.256. The summed E-state index contributed by atoms with van der Waals surface area (Å²) in [6, 6.07) is 22.3. The zero-order chi connectivity index (χ0) is 26.2. The van der Waals surface area contributed by atoms with E-state index in [1.165, 1.54) is 5.56 Å². The number of allylic oxidation sites excluding steroid dienone is 1. The van der Waals surface area contributed by atoms with Crippen LogP contribution in [0.1, 0.15) is 46.3 Å². The number of anilines is 2. The Labute approximate surface area is 217 Å². The number of benzene rings is 3. The normalized spacial score (nSPS) is 16.6. The van der Waals surface area contributed by atoms with Gasteiger partial charge in [0, 0.05) is 31.5 Å². The van der Waals surface area contributed by atoms with Crippen LogP contribution in [0.5, 0.6) is 0 Å². The second kappa shape index (κ2) is 9.67. The summed E-state index contributed by atoms with van der Waals surface area (Å²) >= 11 is 0. The minimum Gasteiger partial charge on any atom is -0.373 e. The van der Waals surface area contributed by atoms with E-state index < -0.39 is 5.60 Å². The maximum absolute atomic E-state index is 12.6.